The van der Waals surface area contributed by atoms with Gasteiger partial charge in [-0.3, -0.25) is 0 Å². The minimum absolute atomic E-state index is 0.0668. The summed E-state index contributed by atoms with van der Waals surface area (Å²) in [6, 6.07) is 6.85. The third-order valence-electron chi connectivity index (χ3n) is 1.80. The van der Waals surface area contributed by atoms with Crippen molar-refractivity contribution in [2.75, 3.05) is 0 Å². The van der Waals surface area contributed by atoms with E-state index in [0.29, 0.717) is 5.56 Å². The van der Waals surface area contributed by atoms with E-state index in [1.807, 2.05) is 0 Å². The molecular formula is C9H12N2O2. The van der Waals surface area contributed by atoms with Crippen molar-refractivity contribution in [3.05, 3.63) is 35.4 Å². The molecule has 4 N–H and O–H groups in total. The van der Waals surface area contributed by atoms with Gasteiger partial charge >= 0.3 is 0 Å². The average molecular weight is 180 g/mol. The SMILES string of the molecule is CC(O)c1ccc(/C(N)=N/O)cc1. The van der Waals surface area contributed by atoms with Crippen LogP contribution in [0.3, 0.4) is 0 Å². The van der Waals surface area contributed by atoms with Crippen LogP contribution in [0.4, 0.5) is 0 Å². The lowest BCUT2D eigenvalue weighted by Gasteiger charge is -2.04. The largest absolute Gasteiger partial charge is 0.409 e. The van der Waals surface area contributed by atoms with E-state index in [4.69, 9.17) is 10.9 Å². The van der Waals surface area contributed by atoms with Gasteiger partial charge in [-0.2, -0.15) is 0 Å². The molecule has 1 aromatic carbocycles. The van der Waals surface area contributed by atoms with Crippen molar-refractivity contribution in [1.82, 2.24) is 0 Å². The van der Waals surface area contributed by atoms with Gasteiger partial charge in [0.05, 0.1) is 6.10 Å². The van der Waals surface area contributed by atoms with Gasteiger partial charge in [0.25, 0.3) is 0 Å². The molecule has 4 heteroatoms. The number of benzene rings is 1. The molecule has 0 heterocycles. The Balaban J connectivity index is 2.94. The van der Waals surface area contributed by atoms with Crippen LogP contribution in [0.15, 0.2) is 29.4 Å². The van der Waals surface area contributed by atoms with E-state index in [0.717, 1.165) is 5.56 Å². The van der Waals surface area contributed by atoms with Crippen LogP contribution in [-0.4, -0.2) is 16.1 Å². The second kappa shape index (κ2) is 3.91. The molecule has 0 spiro atoms. The summed E-state index contributed by atoms with van der Waals surface area (Å²) in [4.78, 5) is 0. The Hall–Kier alpha value is -1.55. The quantitative estimate of drug-likeness (QED) is 0.273. The molecular weight excluding hydrogens is 168 g/mol. The fraction of sp³-hybridized carbons (Fsp3) is 0.222. The Morgan fingerprint density at radius 2 is 1.92 bits per heavy atom. The molecule has 0 aliphatic rings. The van der Waals surface area contributed by atoms with Crippen molar-refractivity contribution in [3.8, 4) is 0 Å². The van der Waals surface area contributed by atoms with Crippen molar-refractivity contribution in [3.63, 3.8) is 0 Å². The molecule has 0 bridgehead atoms. The molecule has 13 heavy (non-hydrogen) atoms. The van der Waals surface area contributed by atoms with Crippen LogP contribution in [0.1, 0.15) is 24.2 Å². The molecule has 0 saturated heterocycles. The number of nitrogens with zero attached hydrogens (tertiary/aromatic N) is 1. The highest BCUT2D eigenvalue weighted by atomic mass is 16.4. The van der Waals surface area contributed by atoms with Gasteiger partial charge in [0.2, 0.25) is 0 Å². The van der Waals surface area contributed by atoms with E-state index in [2.05, 4.69) is 5.16 Å². The highest BCUT2D eigenvalue weighted by Gasteiger charge is 2.02. The Bertz CT molecular complexity index is 304. The Labute approximate surface area is 76.3 Å². The van der Waals surface area contributed by atoms with Gasteiger partial charge in [-0.1, -0.05) is 29.4 Å². The lowest BCUT2D eigenvalue weighted by Crippen LogP contribution is -2.12. The Morgan fingerprint density at radius 1 is 1.38 bits per heavy atom. The smallest absolute Gasteiger partial charge is 0.170 e. The summed E-state index contributed by atoms with van der Waals surface area (Å²) in [6.45, 7) is 1.68. The second-order valence-electron chi connectivity index (χ2n) is 2.78. The number of oxime groups is 1. The zero-order valence-electron chi connectivity index (χ0n) is 7.31. The normalized spacial score (nSPS) is 14.2. The van der Waals surface area contributed by atoms with Crippen LogP contribution in [-0.2, 0) is 0 Å². The van der Waals surface area contributed by atoms with Crippen LogP contribution < -0.4 is 5.73 Å². The lowest BCUT2D eigenvalue weighted by molar-refractivity contribution is 0.199. The summed E-state index contributed by atoms with van der Waals surface area (Å²) >= 11 is 0. The number of hydrogen-bond donors (Lipinski definition) is 3. The zero-order chi connectivity index (χ0) is 9.84. The molecule has 1 atom stereocenters. The predicted molar refractivity (Wildman–Crippen MR) is 49.6 cm³/mol. The molecule has 70 valence electrons. The third-order valence-corrected chi connectivity index (χ3v) is 1.80. The minimum Gasteiger partial charge on any atom is -0.409 e. The predicted octanol–water partition coefficient (Wildman–Crippen LogP) is 0.834. The van der Waals surface area contributed by atoms with Gasteiger partial charge in [0, 0.05) is 5.56 Å². The molecule has 0 aromatic heterocycles. The molecule has 1 unspecified atom stereocenters. The molecule has 0 saturated carbocycles. The van der Waals surface area contributed by atoms with Crippen molar-refractivity contribution in [1.29, 1.82) is 0 Å². The molecule has 0 amide bonds. The average Bonchev–Trinajstić information content (AvgIpc) is 2.17. The van der Waals surface area contributed by atoms with Crippen molar-refractivity contribution < 1.29 is 10.3 Å². The number of nitrogens with two attached hydrogens (primary N) is 1. The number of aliphatic hydroxyl groups excluding tert-OH is 1. The fourth-order valence-electron chi connectivity index (χ4n) is 0.990. The van der Waals surface area contributed by atoms with Gasteiger partial charge in [-0.05, 0) is 12.5 Å². The molecule has 0 radical (unpaired) electrons. The monoisotopic (exact) mass is 180 g/mol. The van der Waals surface area contributed by atoms with Gasteiger partial charge in [-0.15, -0.1) is 0 Å². The first-order chi connectivity index (χ1) is 6.15. The van der Waals surface area contributed by atoms with Crippen LogP contribution in [0.5, 0.6) is 0 Å². The Morgan fingerprint density at radius 3 is 2.31 bits per heavy atom. The summed E-state index contributed by atoms with van der Waals surface area (Å²) in [5, 5.41) is 20.4. The summed E-state index contributed by atoms with van der Waals surface area (Å²) in [6.07, 6.45) is -0.499. The Kier molecular flexibility index (Phi) is 2.87. The molecule has 4 nitrogen and oxygen atoms in total. The van der Waals surface area contributed by atoms with Gasteiger partial charge in [0.15, 0.2) is 5.84 Å². The standard InChI is InChI=1S/C9H12N2O2/c1-6(12)7-2-4-8(5-3-7)9(10)11-13/h2-6,12-13H,1H3,(H2,10,11). The zero-order valence-corrected chi connectivity index (χ0v) is 7.31. The van der Waals surface area contributed by atoms with Gasteiger partial charge in [-0.25, -0.2) is 0 Å². The number of amidine groups is 1. The number of hydrogen-bond acceptors (Lipinski definition) is 3. The fourth-order valence-corrected chi connectivity index (χ4v) is 0.990. The molecule has 0 fully saturated rings. The minimum atomic E-state index is -0.499. The summed E-state index contributed by atoms with van der Waals surface area (Å²) in [7, 11) is 0. The molecule has 0 aliphatic heterocycles. The van der Waals surface area contributed by atoms with E-state index in [1.54, 1.807) is 31.2 Å². The maximum Gasteiger partial charge on any atom is 0.170 e. The highest BCUT2D eigenvalue weighted by molar-refractivity contribution is 5.96. The first-order valence-corrected chi connectivity index (χ1v) is 3.91. The van der Waals surface area contributed by atoms with Crippen LogP contribution in [0.2, 0.25) is 0 Å². The lowest BCUT2D eigenvalue weighted by atomic mass is 10.1. The van der Waals surface area contributed by atoms with Gasteiger partial charge < -0.3 is 16.0 Å². The second-order valence-corrected chi connectivity index (χ2v) is 2.78. The molecule has 0 aliphatic carbocycles. The highest BCUT2D eigenvalue weighted by Crippen LogP contribution is 2.12. The third kappa shape index (κ3) is 2.19. The van der Waals surface area contributed by atoms with Crippen molar-refractivity contribution in [2.24, 2.45) is 10.9 Å². The van der Waals surface area contributed by atoms with Crippen molar-refractivity contribution >= 4 is 5.84 Å². The topological polar surface area (TPSA) is 78.8 Å². The van der Waals surface area contributed by atoms with Crippen LogP contribution in [0.25, 0.3) is 0 Å². The van der Waals surface area contributed by atoms with E-state index < -0.39 is 6.10 Å². The molecule has 1 rings (SSSR count). The summed E-state index contributed by atoms with van der Waals surface area (Å²) in [5.41, 5.74) is 6.79. The van der Waals surface area contributed by atoms with Crippen LogP contribution >= 0.6 is 0 Å². The first-order valence-electron chi connectivity index (χ1n) is 3.91. The summed E-state index contributed by atoms with van der Waals surface area (Å²) in [5.74, 6) is 0.0668. The van der Waals surface area contributed by atoms with Crippen molar-refractivity contribution in [2.45, 2.75) is 13.0 Å². The van der Waals surface area contributed by atoms with E-state index in [-0.39, 0.29) is 5.84 Å². The number of rotatable bonds is 2. The van der Waals surface area contributed by atoms with E-state index in [9.17, 15) is 5.11 Å². The van der Waals surface area contributed by atoms with E-state index >= 15 is 0 Å². The summed E-state index contributed by atoms with van der Waals surface area (Å²) < 4.78 is 0. The molecule has 1 aromatic rings. The van der Waals surface area contributed by atoms with E-state index in [1.165, 1.54) is 0 Å². The van der Waals surface area contributed by atoms with Crippen LogP contribution in [0, 0.1) is 0 Å². The maximum atomic E-state index is 9.20. The number of aliphatic hydroxyl groups is 1. The van der Waals surface area contributed by atoms with Gasteiger partial charge in [0.1, 0.15) is 0 Å². The first kappa shape index (κ1) is 9.54. The maximum absolute atomic E-state index is 9.20.